The molecule has 0 saturated carbocycles. The molecular formula is C11H17N3. The van der Waals surface area contributed by atoms with Crippen LogP contribution in [0.2, 0.25) is 0 Å². The number of nitrogens with zero attached hydrogens (tertiary/aromatic N) is 2. The highest BCUT2D eigenvalue weighted by molar-refractivity contribution is 5.66. The van der Waals surface area contributed by atoms with Gasteiger partial charge in [-0.25, -0.2) is 4.98 Å². The molecule has 3 nitrogen and oxygen atoms in total. The Hall–Kier alpha value is -1.51. The van der Waals surface area contributed by atoms with Crippen LogP contribution in [-0.4, -0.2) is 9.38 Å². The van der Waals surface area contributed by atoms with Crippen molar-refractivity contribution in [2.24, 2.45) is 0 Å². The summed E-state index contributed by atoms with van der Waals surface area (Å²) in [5.41, 5.74) is 7.89. The molecule has 2 heterocycles. The molecule has 0 atom stereocenters. The Kier molecular flexibility index (Phi) is 3.12. The van der Waals surface area contributed by atoms with E-state index in [1.54, 1.807) is 0 Å². The number of fused-ring (bicyclic) bond motifs is 1. The summed E-state index contributed by atoms with van der Waals surface area (Å²) in [7, 11) is 0. The van der Waals surface area contributed by atoms with Gasteiger partial charge in [-0.2, -0.15) is 0 Å². The van der Waals surface area contributed by atoms with Gasteiger partial charge >= 0.3 is 0 Å². The zero-order chi connectivity index (χ0) is 10.7. The first-order valence-electron chi connectivity index (χ1n) is 4.89. The van der Waals surface area contributed by atoms with Crippen molar-refractivity contribution < 1.29 is 0 Å². The second-order valence-corrected chi connectivity index (χ2v) is 3.01. The quantitative estimate of drug-likeness (QED) is 0.695. The van der Waals surface area contributed by atoms with Crippen LogP contribution in [0.5, 0.6) is 0 Å². The van der Waals surface area contributed by atoms with Crippen molar-refractivity contribution in [2.45, 2.75) is 27.7 Å². The Morgan fingerprint density at radius 3 is 2.50 bits per heavy atom. The minimum Gasteiger partial charge on any atom is -0.382 e. The molecule has 2 aromatic heterocycles. The number of aromatic nitrogens is 2. The first-order chi connectivity index (χ1) is 6.68. The Morgan fingerprint density at radius 1 is 1.21 bits per heavy atom. The van der Waals surface area contributed by atoms with Gasteiger partial charge in [-0.05, 0) is 25.5 Å². The Bertz CT molecular complexity index is 429. The van der Waals surface area contributed by atoms with Crippen LogP contribution in [0.3, 0.4) is 0 Å². The van der Waals surface area contributed by atoms with Crippen LogP contribution in [0.15, 0.2) is 18.3 Å². The van der Waals surface area contributed by atoms with Gasteiger partial charge in [-0.3, -0.25) is 0 Å². The van der Waals surface area contributed by atoms with Gasteiger partial charge in [0, 0.05) is 6.20 Å². The Morgan fingerprint density at radius 2 is 1.86 bits per heavy atom. The third-order valence-electron chi connectivity index (χ3n) is 1.99. The molecule has 0 spiro atoms. The largest absolute Gasteiger partial charge is 0.382 e. The molecule has 0 aliphatic carbocycles. The first kappa shape index (κ1) is 10.6. The lowest BCUT2D eigenvalue weighted by molar-refractivity contribution is 1.03. The fraction of sp³-hybridized carbons (Fsp3) is 0.364. The SMILES string of the molecule is CC.Cc1ccc2c(N)nc(C)n2c1. The Balaban J connectivity index is 0.000000461. The summed E-state index contributed by atoms with van der Waals surface area (Å²) in [4.78, 5) is 4.17. The van der Waals surface area contributed by atoms with Crippen molar-refractivity contribution in [3.63, 3.8) is 0 Å². The minimum atomic E-state index is 0.604. The highest BCUT2D eigenvalue weighted by Crippen LogP contribution is 2.14. The average Bonchev–Trinajstić information content (AvgIpc) is 2.46. The standard InChI is InChI=1S/C9H11N3.C2H6/c1-6-3-4-8-9(10)11-7(2)12(8)5-6;1-2/h3-5H,10H2,1-2H3;1-2H3. The number of nitrogen functional groups attached to an aromatic ring is 1. The third kappa shape index (κ3) is 1.71. The van der Waals surface area contributed by atoms with Crippen LogP contribution in [0.4, 0.5) is 5.82 Å². The van der Waals surface area contributed by atoms with Crippen LogP contribution in [0, 0.1) is 13.8 Å². The maximum atomic E-state index is 5.70. The van der Waals surface area contributed by atoms with E-state index in [4.69, 9.17) is 5.73 Å². The van der Waals surface area contributed by atoms with E-state index in [0.717, 1.165) is 11.3 Å². The summed E-state index contributed by atoms with van der Waals surface area (Å²) < 4.78 is 2.00. The fourth-order valence-electron chi connectivity index (χ4n) is 1.37. The van der Waals surface area contributed by atoms with E-state index in [9.17, 15) is 0 Å². The van der Waals surface area contributed by atoms with Crippen LogP contribution >= 0.6 is 0 Å². The summed E-state index contributed by atoms with van der Waals surface area (Å²) in [6.07, 6.45) is 2.04. The molecule has 0 aliphatic rings. The van der Waals surface area contributed by atoms with Gasteiger partial charge in [0.05, 0.1) is 5.52 Å². The molecule has 0 radical (unpaired) electrons. The summed E-state index contributed by atoms with van der Waals surface area (Å²) in [5, 5.41) is 0. The van der Waals surface area contributed by atoms with Gasteiger partial charge in [0.15, 0.2) is 0 Å². The van der Waals surface area contributed by atoms with E-state index in [-0.39, 0.29) is 0 Å². The molecule has 14 heavy (non-hydrogen) atoms. The number of pyridine rings is 1. The van der Waals surface area contributed by atoms with Crippen LogP contribution in [0.1, 0.15) is 25.2 Å². The molecule has 2 aromatic rings. The second-order valence-electron chi connectivity index (χ2n) is 3.01. The average molecular weight is 191 g/mol. The molecule has 0 saturated heterocycles. The summed E-state index contributed by atoms with van der Waals surface area (Å²) >= 11 is 0. The van der Waals surface area contributed by atoms with E-state index < -0.39 is 0 Å². The number of hydrogen-bond acceptors (Lipinski definition) is 2. The molecule has 0 aromatic carbocycles. The number of anilines is 1. The molecule has 0 fully saturated rings. The van der Waals surface area contributed by atoms with Gasteiger partial charge in [0.2, 0.25) is 0 Å². The van der Waals surface area contributed by atoms with Gasteiger partial charge < -0.3 is 10.1 Å². The van der Waals surface area contributed by atoms with Gasteiger partial charge in [0.25, 0.3) is 0 Å². The number of hydrogen-bond donors (Lipinski definition) is 1. The van der Waals surface area contributed by atoms with Crippen molar-refractivity contribution in [1.29, 1.82) is 0 Å². The van der Waals surface area contributed by atoms with Gasteiger partial charge in [-0.1, -0.05) is 19.9 Å². The summed E-state index contributed by atoms with van der Waals surface area (Å²) in [6, 6.07) is 4.03. The highest BCUT2D eigenvalue weighted by atomic mass is 15.1. The van der Waals surface area contributed by atoms with E-state index in [1.807, 2.05) is 43.5 Å². The number of rotatable bonds is 0. The second kappa shape index (κ2) is 4.13. The fourth-order valence-corrected chi connectivity index (χ4v) is 1.37. The highest BCUT2D eigenvalue weighted by Gasteiger charge is 2.02. The van der Waals surface area contributed by atoms with Crippen molar-refractivity contribution in [1.82, 2.24) is 9.38 Å². The Labute approximate surface area is 84.6 Å². The molecule has 2 rings (SSSR count). The van der Waals surface area contributed by atoms with E-state index in [2.05, 4.69) is 11.9 Å². The summed E-state index contributed by atoms with van der Waals surface area (Å²) in [5.74, 6) is 1.54. The topological polar surface area (TPSA) is 43.3 Å². The molecular weight excluding hydrogens is 174 g/mol. The molecule has 76 valence electrons. The van der Waals surface area contributed by atoms with E-state index in [1.165, 1.54) is 5.56 Å². The molecule has 2 N–H and O–H groups in total. The van der Waals surface area contributed by atoms with Crippen molar-refractivity contribution in [3.8, 4) is 0 Å². The van der Waals surface area contributed by atoms with E-state index >= 15 is 0 Å². The normalized spacial score (nSPS) is 9.71. The lowest BCUT2D eigenvalue weighted by atomic mass is 10.3. The molecule has 0 bridgehead atoms. The molecule has 0 aliphatic heterocycles. The van der Waals surface area contributed by atoms with Gasteiger partial charge in [0.1, 0.15) is 11.6 Å². The zero-order valence-electron chi connectivity index (χ0n) is 9.20. The van der Waals surface area contributed by atoms with Crippen molar-refractivity contribution >= 4 is 11.3 Å². The number of imidazole rings is 1. The van der Waals surface area contributed by atoms with Crippen LogP contribution < -0.4 is 5.73 Å². The number of aryl methyl sites for hydroxylation is 2. The maximum absolute atomic E-state index is 5.70. The molecule has 0 amide bonds. The predicted octanol–water partition coefficient (Wildman–Crippen LogP) is 2.56. The van der Waals surface area contributed by atoms with Crippen LogP contribution in [0.25, 0.3) is 5.52 Å². The van der Waals surface area contributed by atoms with E-state index in [0.29, 0.717) is 5.82 Å². The lowest BCUT2D eigenvalue weighted by Crippen LogP contribution is -1.88. The smallest absolute Gasteiger partial charge is 0.149 e. The minimum absolute atomic E-state index is 0.604. The molecule has 3 heteroatoms. The van der Waals surface area contributed by atoms with Gasteiger partial charge in [-0.15, -0.1) is 0 Å². The summed E-state index contributed by atoms with van der Waals surface area (Å²) in [6.45, 7) is 8.00. The monoisotopic (exact) mass is 191 g/mol. The lowest BCUT2D eigenvalue weighted by Gasteiger charge is -1.97. The molecule has 0 unspecified atom stereocenters. The number of nitrogens with two attached hydrogens (primary N) is 1. The maximum Gasteiger partial charge on any atom is 0.149 e. The van der Waals surface area contributed by atoms with Crippen molar-refractivity contribution in [3.05, 3.63) is 29.7 Å². The first-order valence-corrected chi connectivity index (χ1v) is 4.89. The third-order valence-corrected chi connectivity index (χ3v) is 1.99. The zero-order valence-corrected chi connectivity index (χ0v) is 9.20. The van der Waals surface area contributed by atoms with Crippen molar-refractivity contribution in [2.75, 3.05) is 5.73 Å². The predicted molar refractivity (Wildman–Crippen MR) is 60.4 cm³/mol. The van der Waals surface area contributed by atoms with Crippen LogP contribution in [-0.2, 0) is 0 Å².